The standard InChI is InChI=1S/C15H18.C2H6/c1-4-9-14(10-5-2)15-12-8-6-7-11-13(15)3;1-2/h4-6,9-10,12H,1,7,11H2,2-3H3;1-2H3/b10-5-,14-9+;. The summed E-state index contributed by atoms with van der Waals surface area (Å²) in [6, 6.07) is 0. The fourth-order valence-corrected chi connectivity index (χ4v) is 1.64. The molecule has 0 atom stereocenters. The van der Waals surface area contributed by atoms with E-state index in [0.29, 0.717) is 0 Å². The first-order valence-electron chi connectivity index (χ1n) is 6.36. The van der Waals surface area contributed by atoms with Crippen LogP contribution in [0.3, 0.4) is 0 Å². The van der Waals surface area contributed by atoms with Crippen molar-refractivity contribution < 1.29 is 0 Å². The normalized spacial score (nSPS) is 15.6. The molecule has 0 unspecified atom stereocenters. The summed E-state index contributed by atoms with van der Waals surface area (Å²) in [4.78, 5) is 0. The lowest BCUT2D eigenvalue weighted by molar-refractivity contribution is 0.974. The molecule has 1 rings (SSSR count). The Morgan fingerprint density at radius 3 is 2.71 bits per heavy atom. The number of hydrogen-bond donors (Lipinski definition) is 0. The van der Waals surface area contributed by atoms with Gasteiger partial charge in [0.05, 0.1) is 0 Å². The summed E-state index contributed by atoms with van der Waals surface area (Å²) in [5, 5.41) is 0. The molecule has 0 aromatic carbocycles. The number of allylic oxidation sites excluding steroid dienone is 8. The van der Waals surface area contributed by atoms with E-state index in [1.54, 1.807) is 0 Å². The monoisotopic (exact) mass is 228 g/mol. The average molecular weight is 228 g/mol. The molecule has 0 amide bonds. The molecule has 0 heteroatoms. The van der Waals surface area contributed by atoms with Crippen LogP contribution in [0.25, 0.3) is 0 Å². The zero-order valence-corrected chi connectivity index (χ0v) is 11.6. The maximum atomic E-state index is 3.75. The highest BCUT2D eigenvalue weighted by Crippen LogP contribution is 2.22. The summed E-state index contributed by atoms with van der Waals surface area (Å²) >= 11 is 0. The Morgan fingerprint density at radius 2 is 2.12 bits per heavy atom. The molecule has 0 bridgehead atoms. The molecule has 0 heterocycles. The minimum atomic E-state index is 1.09. The molecule has 0 nitrogen and oxygen atoms in total. The molecule has 17 heavy (non-hydrogen) atoms. The van der Waals surface area contributed by atoms with Gasteiger partial charge in [-0.3, -0.25) is 0 Å². The second kappa shape index (κ2) is 9.69. The molecule has 1 aliphatic rings. The van der Waals surface area contributed by atoms with Crippen molar-refractivity contribution >= 4 is 0 Å². The zero-order chi connectivity index (χ0) is 13.1. The van der Waals surface area contributed by atoms with Crippen molar-refractivity contribution in [1.82, 2.24) is 0 Å². The van der Waals surface area contributed by atoms with Gasteiger partial charge in [0, 0.05) is 0 Å². The van der Waals surface area contributed by atoms with E-state index in [1.165, 1.54) is 16.7 Å². The Balaban J connectivity index is 0.00000121. The van der Waals surface area contributed by atoms with E-state index in [-0.39, 0.29) is 0 Å². The first-order valence-corrected chi connectivity index (χ1v) is 6.36. The molecule has 0 N–H and O–H groups in total. The highest BCUT2D eigenvalue weighted by molar-refractivity contribution is 5.50. The Morgan fingerprint density at radius 1 is 1.41 bits per heavy atom. The van der Waals surface area contributed by atoms with Crippen LogP contribution in [-0.2, 0) is 0 Å². The molecule has 0 aliphatic heterocycles. The number of hydrogen-bond acceptors (Lipinski definition) is 0. The van der Waals surface area contributed by atoms with Gasteiger partial charge in [0.25, 0.3) is 0 Å². The van der Waals surface area contributed by atoms with Crippen LogP contribution in [0.15, 0.2) is 65.5 Å². The molecule has 92 valence electrons. The van der Waals surface area contributed by atoms with E-state index in [9.17, 15) is 0 Å². The van der Waals surface area contributed by atoms with Crippen LogP contribution in [0.1, 0.15) is 40.5 Å². The number of rotatable bonds is 3. The minimum Gasteiger partial charge on any atom is -0.125 e. The molecule has 0 saturated carbocycles. The molecule has 0 spiro atoms. The summed E-state index contributed by atoms with van der Waals surface area (Å²) in [6.07, 6.45) is 14.4. The van der Waals surface area contributed by atoms with Crippen LogP contribution < -0.4 is 0 Å². The summed E-state index contributed by atoms with van der Waals surface area (Å²) in [7, 11) is 0. The van der Waals surface area contributed by atoms with Gasteiger partial charge >= 0.3 is 0 Å². The third kappa shape index (κ3) is 5.38. The van der Waals surface area contributed by atoms with Gasteiger partial charge < -0.3 is 0 Å². The maximum absolute atomic E-state index is 3.75. The van der Waals surface area contributed by atoms with Gasteiger partial charge in [0.1, 0.15) is 0 Å². The van der Waals surface area contributed by atoms with Crippen molar-refractivity contribution in [3.05, 3.63) is 65.5 Å². The lowest BCUT2D eigenvalue weighted by Crippen LogP contribution is -1.88. The molecule has 1 aliphatic carbocycles. The Hall–Kier alpha value is -1.52. The second-order valence-electron chi connectivity index (χ2n) is 3.61. The predicted octanol–water partition coefficient (Wildman–Crippen LogP) is 5.52. The largest absolute Gasteiger partial charge is 0.125 e. The van der Waals surface area contributed by atoms with Crippen molar-refractivity contribution in [2.45, 2.75) is 40.5 Å². The lowest BCUT2D eigenvalue weighted by Gasteiger charge is -2.07. The van der Waals surface area contributed by atoms with E-state index >= 15 is 0 Å². The Kier molecular flexibility index (Phi) is 8.82. The zero-order valence-electron chi connectivity index (χ0n) is 11.6. The quantitative estimate of drug-likeness (QED) is 0.440. The minimum absolute atomic E-state index is 1.09. The molecule has 0 radical (unpaired) electrons. The second-order valence-corrected chi connectivity index (χ2v) is 3.61. The molecular formula is C17H24. The van der Waals surface area contributed by atoms with Crippen LogP contribution in [0, 0.1) is 0 Å². The Labute approximate surface area is 106 Å². The SMILES string of the molecule is C=C/C=C(\C=C/C)C1=C(C)CCC=C=C1.CC. The van der Waals surface area contributed by atoms with Crippen molar-refractivity contribution in [2.75, 3.05) is 0 Å². The highest BCUT2D eigenvalue weighted by Gasteiger charge is 2.04. The summed E-state index contributed by atoms with van der Waals surface area (Å²) < 4.78 is 0. The topological polar surface area (TPSA) is 0 Å². The van der Waals surface area contributed by atoms with Crippen molar-refractivity contribution in [1.29, 1.82) is 0 Å². The van der Waals surface area contributed by atoms with Gasteiger partial charge in [-0.25, -0.2) is 0 Å². The first kappa shape index (κ1) is 15.5. The van der Waals surface area contributed by atoms with Crippen LogP contribution in [0.4, 0.5) is 0 Å². The van der Waals surface area contributed by atoms with Crippen molar-refractivity contribution in [3.63, 3.8) is 0 Å². The van der Waals surface area contributed by atoms with Crippen molar-refractivity contribution in [2.24, 2.45) is 0 Å². The molecule has 0 aromatic rings. The van der Waals surface area contributed by atoms with E-state index in [1.807, 2.05) is 32.9 Å². The molecule has 0 fully saturated rings. The van der Waals surface area contributed by atoms with Gasteiger partial charge in [0.2, 0.25) is 0 Å². The summed E-state index contributed by atoms with van der Waals surface area (Å²) in [5.74, 6) is 0. The lowest BCUT2D eigenvalue weighted by atomic mass is 9.98. The van der Waals surface area contributed by atoms with Crippen LogP contribution in [0.2, 0.25) is 0 Å². The predicted molar refractivity (Wildman–Crippen MR) is 79.0 cm³/mol. The maximum Gasteiger partial charge on any atom is -0.0118 e. The van der Waals surface area contributed by atoms with Gasteiger partial charge in [-0.05, 0) is 50.0 Å². The summed E-state index contributed by atoms with van der Waals surface area (Å²) in [5.41, 5.74) is 7.12. The van der Waals surface area contributed by atoms with E-state index in [2.05, 4.69) is 43.5 Å². The van der Waals surface area contributed by atoms with Crippen LogP contribution in [0.5, 0.6) is 0 Å². The van der Waals surface area contributed by atoms with Gasteiger partial charge in [-0.1, -0.05) is 50.3 Å². The highest BCUT2D eigenvalue weighted by atomic mass is 14.1. The van der Waals surface area contributed by atoms with Crippen LogP contribution >= 0.6 is 0 Å². The summed E-state index contributed by atoms with van der Waals surface area (Å²) in [6.45, 7) is 12.0. The smallest absolute Gasteiger partial charge is 0.0118 e. The fourth-order valence-electron chi connectivity index (χ4n) is 1.64. The average Bonchev–Trinajstić information content (AvgIpc) is 2.56. The van der Waals surface area contributed by atoms with E-state index in [0.717, 1.165) is 12.8 Å². The third-order valence-corrected chi connectivity index (χ3v) is 2.42. The Bertz CT molecular complexity index is 380. The first-order chi connectivity index (χ1) is 8.29. The van der Waals surface area contributed by atoms with Gasteiger partial charge in [0.15, 0.2) is 0 Å². The molecular weight excluding hydrogens is 204 g/mol. The van der Waals surface area contributed by atoms with Gasteiger partial charge in [-0.2, -0.15) is 0 Å². The molecule has 0 saturated heterocycles. The van der Waals surface area contributed by atoms with E-state index in [4.69, 9.17) is 0 Å². The third-order valence-electron chi connectivity index (χ3n) is 2.42. The van der Waals surface area contributed by atoms with Gasteiger partial charge in [-0.15, -0.1) is 5.73 Å². The van der Waals surface area contributed by atoms with Crippen molar-refractivity contribution in [3.8, 4) is 0 Å². The molecule has 0 aromatic heterocycles. The van der Waals surface area contributed by atoms with E-state index < -0.39 is 0 Å². The van der Waals surface area contributed by atoms with Crippen LogP contribution in [-0.4, -0.2) is 0 Å². The fraction of sp³-hybridized carbons (Fsp3) is 0.353.